The Morgan fingerprint density at radius 1 is 0.630 bits per heavy atom. The molecule has 3 aromatic rings. The van der Waals surface area contributed by atoms with Gasteiger partial charge in [0.25, 0.3) is 0 Å². The van der Waals surface area contributed by atoms with Crippen molar-refractivity contribution in [2.24, 2.45) is 0 Å². The van der Waals surface area contributed by atoms with Crippen molar-refractivity contribution in [2.45, 2.75) is 26.2 Å². The molecular formula is C26H21F. The van der Waals surface area contributed by atoms with E-state index in [0.29, 0.717) is 11.1 Å². The van der Waals surface area contributed by atoms with E-state index in [-0.39, 0.29) is 11.2 Å². The number of halogens is 1. The van der Waals surface area contributed by atoms with Crippen molar-refractivity contribution in [3.8, 4) is 23.7 Å². The molecule has 0 aliphatic rings. The number of benzene rings is 3. The maximum atomic E-state index is 14.3. The zero-order chi connectivity index (χ0) is 19.3. The molecule has 0 radical (unpaired) electrons. The van der Waals surface area contributed by atoms with Crippen molar-refractivity contribution < 1.29 is 4.39 Å². The van der Waals surface area contributed by atoms with Gasteiger partial charge in [-0.25, -0.2) is 4.39 Å². The minimum atomic E-state index is -0.353. The van der Waals surface area contributed by atoms with E-state index in [0.717, 1.165) is 11.1 Å². The molecule has 0 heterocycles. The van der Waals surface area contributed by atoms with Gasteiger partial charge in [0.1, 0.15) is 5.82 Å². The normalized spacial score (nSPS) is 10.4. The fourth-order valence-corrected chi connectivity index (χ4v) is 2.55. The van der Waals surface area contributed by atoms with Crippen LogP contribution in [0.2, 0.25) is 0 Å². The lowest BCUT2D eigenvalue weighted by Crippen LogP contribution is -2.10. The molecule has 0 spiro atoms. The predicted molar refractivity (Wildman–Crippen MR) is 110 cm³/mol. The Balaban J connectivity index is 1.78. The van der Waals surface area contributed by atoms with Gasteiger partial charge in [-0.1, -0.05) is 74.8 Å². The van der Waals surface area contributed by atoms with Gasteiger partial charge in [0, 0.05) is 16.7 Å². The van der Waals surface area contributed by atoms with Gasteiger partial charge in [-0.15, -0.1) is 0 Å². The van der Waals surface area contributed by atoms with Gasteiger partial charge in [-0.05, 0) is 53.4 Å². The minimum Gasteiger partial charge on any atom is -0.206 e. The Bertz CT molecular complexity index is 1040. The monoisotopic (exact) mass is 352 g/mol. The first kappa shape index (κ1) is 18.5. The van der Waals surface area contributed by atoms with Gasteiger partial charge in [-0.3, -0.25) is 0 Å². The lowest BCUT2D eigenvalue weighted by molar-refractivity contribution is 0.590. The van der Waals surface area contributed by atoms with E-state index in [2.05, 4.69) is 56.6 Å². The quantitative estimate of drug-likeness (QED) is 0.440. The Kier molecular flexibility index (Phi) is 5.44. The van der Waals surface area contributed by atoms with E-state index >= 15 is 0 Å². The van der Waals surface area contributed by atoms with E-state index < -0.39 is 0 Å². The molecule has 0 aromatic heterocycles. The Morgan fingerprint density at radius 3 is 1.81 bits per heavy atom. The van der Waals surface area contributed by atoms with Crippen molar-refractivity contribution in [2.75, 3.05) is 0 Å². The topological polar surface area (TPSA) is 0 Å². The van der Waals surface area contributed by atoms with Crippen molar-refractivity contribution in [3.05, 3.63) is 106 Å². The molecule has 0 fully saturated rings. The summed E-state index contributed by atoms with van der Waals surface area (Å²) in [5.41, 5.74) is 4.14. The summed E-state index contributed by atoms with van der Waals surface area (Å²) in [6, 6.07) is 22.7. The smallest absolute Gasteiger partial charge is 0.140 e. The molecule has 0 saturated carbocycles. The first-order valence-electron chi connectivity index (χ1n) is 8.91. The third-order valence-electron chi connectivity index (χ3n) is 4.19. The van der Waals surface area contributed by atoms with Gasteiger partial charge < -0.3 is 0 Å². The second-order valence-electron chi connectivity index (χ2n) is 7.39. The molecule has 27 heavy (non-hydrogen) atoms. The average Bonchev–Trinajstić information content (AvgIpc) is 2.66. The summed E-state index contributed by atoms with van der Waals surface area (Å²) < 4.78 is 14.3. The van der Waals surface area contributed by atoms with E-state index in [1.54, 1.807) is 12.1 Å². The Morgan fingerprint density at radius 2 is 1.19 bits per heavy atom. The van der Waals surface area contributed by atoms with Crippen LogP contribution in [0.4, 0.5) is 4.39 Å². The highest BCUT2D eigenvalue weighted by atomic mass is 19.1. The molecule has 0 unspecified atom stereocenters. The summed E-state index contributed by atoms with van der Waals surface area (Å²) in [5, 5.41) is 0. The summed E-state index contributed by atoms with van der Waals surface area (Å²) >= 11 is 0. The lowest BCUT2D eigenvalue weighted by Gasteiger charge is -2.18. The van der Waals surface area contributed by atoms with Crippen LogP contribution in [0.5, 0.6) is 0 Å². The first-order chi connectivity index (χ1) is 12.9. The zero-order valence-electron chi connectivity index (χ0n) is 15.8. The van der Waals surface area contributed by atoms with Gasteiger partial charge in [-0.2, -0.15) is 0 Å². The minimum absolute atomic E-state index is 0.106. The summed E-state index contributed by atoms with van der Waals surface area (Å²) in [4.78, 5) is 0. The second kappa shape index (κ2) is 7.94. The van der Waals surface area contributed by atoms with Crippen LogP contribution < -0.4 is 0 Å². The first-order valence-corrected chi connectivity index (χ1v) is 8.91. The molecule has 1 heteroatoms. The molecule has 0 atom stereocenters. The molecule has 132 valence electrons. The van der Waals surface area contributed by atoms with Crippen LogP contribution >= 0.6 is 0 Å². The average molecular weight is 352 g/mol. The van der Waals surface area contributed by atoms with Crippen LogP contribution in [0.1, 0.15) is 48.6 Å². The third kappa shape index (κ3) is 5.10. The fourth-order valence-electron chi connectivity index (χ4n) is 2.55. The third-order valence-corrected chi connectivity index (χ3v) is 4.19. The van der Waals surface area contributed by atoms with Crippen molar-refractivity contribution in [1.29, 1.82) is 0 Å². The van der Waals surface area contributed by atoms with Crippen molar-refractivity contribution in [1.82, 2.24) is 0 Å². The molecule has 0 bridgehead atoms. The van der Waals surface area contributed by atoms with Crippen LogP contribution in [-0.4, -0.2) is 0 Å². The molecule has 0 saturated heterocycles. The summed E-state index contributed by atoms with van der Waals surface area (Å²) in [7, 11) is 0. The summed E-state index contributed by atoms with van der Waals surface area (Å²) in [6.45, 7) is 6.52. The van der Waals surface area contributed by atoms with E-state index in [9.17, 15) is 4.39 Å². The number of hydrogen-bond donors (Lipinski definition) is 0. The molecule has 0 nitrogen and oxygen atoms in total. The Labute approximate surface area is 161 Å². The summed E-state index contributed by atoms with van der Waals surface area (Å²) in [6.07, 6.45) is 0. The van der Waals surface area contributed by atoms with E-state index in [1.165, 1.54) is 11.6 Å². The molecular weight excluding hydrogens is 331 g/mol. The summed E-state index contributed by atoms with van der Waals surface area (Å²) in [5.74, 6) is 11.6. The maximum Gasteiger partial charge on any atom is 0.140 e. The molecule has 0 aliphatic heterocycles. The molecule has 3 aromatic carbocycles. The van der Waals surface area contributed by atoms with Crippen LogP contribution in [0.3, 0.4) is 0 Å². The van der Waals surface area contributed by atoms with Gasteiger partial charge in [0.15, 0.2) is 0 Å². The van der Waals surface area contributed by atoms with Crippen molar-refractivity contribution >= 4 is 0 Å². The number of hydrogen-bond acceptors (Lipinski definition) is 0. The van der Waals surface area contributed by atoms with Crippen LogP contribution in [0, 0.1) is 29.5 Å². The molecule has 0 amide bonds. The maximum absolute atomic E-state index is 14.3. The standard InChI is InChI=1S/C26H21F/c1-26(2,3)24-17-13-21(14-18-24)11-15-23-16-12-22(19-25(23)27)10-9-20-7-5-4-6-8-20/h4-8,12-14,16-19H,1-3H3. The van der Waals surface area contributed by atoms with Crippen LogP contribution in [0.25, 0.3) is 0 Å². The van der Waals surface area contributed by atoms with Gasteiger partial charge in [0.05, 0.1) is 5.56 Å². The van der Waals surface area contributed by atoms with Crippen LogP contribution in [-0.2, 0) is 5.41 Å². The highest BCUT2D eigenvalue weighted by Gasteiger charge is 2.12. The highest BCUT2D eigenvalue weighted by molar-refractivity contribution is 5.48. The lowest BCUT2D eigenvalue weighted by atomic mass is 9.87. The molecule has 3 rings (SSSR count). The van der Waals surface area contributed by atoms with Crippen molar-refractivity contribution in [3.63, 3.8) is 0 Å². The second-order valence-corrected chi connectivity index (χ2v) is 7.39. The van der Waals surface area contributed by atoms with E-state index in [1.807, 2.05) is 42.5 Å². The fraction of sp³-hybridized carbons (Fsp3) is 0.154. The predicted octanol–water partition coefficient (Wildman–Crippen LogP) is 5.92. The number of rotatable bonds is 0. The Hall–Kier alpha value is -3.29. The largest absolute Gasteiger partial charge is 0.206 e. The highest BCUT2D eigenvalue weighted by Crippen LogP contribution is 2.22. The molecule has 0 aliphatic carbocycles. The zero-order valence-corrected chi connectivity index (χ0v) is 15.8. The SMILES string of the molecule is CC(C)(C)c1ccc(C#Cc2ccc(C#Cc3ccccc3)cc2F)cc1. The van der Waals surface area contributed by atoms with Gasteiger partial charge in [0.2, 0.25) is 0 Å². The molecule has 0 N–H and O–H groups in total. The van der Waals surface area contributed by atoms with Gasteiger partial charge >= 0.3 is 0 Å². The van der Waals surface area contributed by atoms with Crippen LogP contribution in [0.15, 0.2) is 72.8 Å². The van der Waals surface area contributed by atoms with E-state index in [4.69, 9.17) is 0 Å².